The molecule has 0 aromatic carbocycles. The predicted octanol–water partition coefficient (Wildman–Crippen LogP) is -0.389. The Balaban J connectivity index is 1.76. The Morgan fingerprint density at radius 1 is 1.48 bits per heavy atom. The predicted molar refractivity (Wildman–Crippen MR) is 82.9 cm³/mol. The van der Waals surface area contributed by atoms with Crippen LogP contribution in [0, 0.1) is 5.92 Å². The maximum atomic E-state index is 12.1. The highest BCUT2D eigenvalue weighted by Gasteiger charge is 2.39. The van der Waals surface area contributed by atoms with Crippen LogP contribution in [0.2, 0.25) is 0 Å². The summed E-state index contributed by atoms with van der Waals surface area (Å²) in [6.45, 7) is 5.15. The number of piperidine rings is 1. The number of likely N-dealkylation sites (N-methyl/N-ethyl adjacent to an activating group) is 1. The molecule has 0 bridgehead atoms. The molecule has 2 aliphatic rings. The first-order valence-corrected chi connectivity index (χ1v) is 9.51. The summed E-state index contributed by atoms with van der Waals surface area (Å²) in [6.07, 6.45) is 2.91. The Labute approximate surface area is 127 Å². The Kier molecular flexibility index (Phi) is 5.27. The van der Waals surface area contributed by atoms with Gasteiger partial charge < -0.3 is 10.6 Å². The second-order valence-corrected chi connectivity index (χ2v) is 9.04. The van der Waals surface area contributed by atoms with E-state index in [9.17, 15) is 13.2 Å². The number of carbonyl (C=O) groups excluding carboxylic acids is 1. The zero-order valence-corrected chi connectivity index (χ0v) is 13.8. The molecule has 0 aromatic rings. The standard InChI is InChI=1S/C14H27N3O3S/c1-14(5-7-21(19,20)11-14)16-13(18)10-17(2)9-12-4-3-6-15-8-12/h12,15H,3-11H2,1-2H3,(H,16,18). The van der Waals surface area contributed by atoms with Gasteiger partial charge in [-0.3, -0.25) is 9.69 Å². The lowest BCUT2D eigenvalue weighted by atomic mass is 9.99. The van der Waals surface area contributed by atoms with Crippen LogP contribution < -0.4 is 10.6 Å². The molecule has 2 rings (SSSR count). The summed E-state index contributed by atoms with van der Waals surface area (Å²) in [6, 6.07) is 0. The van der Waals surface area contributed by atoms with E-state index in [1.54, 1.807) is 0 Å². The number of sulfone groups is 1. The number of amides is 1. The normalized spacial score (nSPS) is 32.2. The van der Waals surface area contributed by atoms with Gasteiger partial charge in [0.15, 0.2) is 9.84 Å². The molecule has 21 heavy (non-hydrogen) atoms. The average molecular weight is 317 g/mol. The van der Waals surface area contributed by atoms with Gasteiger partial charge in [-0.1, -0.05) is 0 Å². The van der Waals surface area contributed by atoms with Crippen molar-refractivity contribution >= 4 is 15.7 Å². The van der Waals surface area contributed by atoms with Crippen molar-refractivity contribution in [2.24, 2.45) is 5.92 Å². The highest BCUT2D eigenvalue weighted by Crippen LogP contribution is 2.22. The molecule has 2 N–H and O–H groups in total. The van der Waals surface area contributed by atoms with Crippen LogP contribution >= 0.6 is 0 Å². The van der Waals surface area contributed by atoms with E-state index in [4.69, 9.17) is 0 Å². The number of nitrogens with zero attached hydrogens (tertiary/aromatic N) is 1. The summed E-state index contributed by atoms with van der Waals surface area (Å²) < 4.78 is 23.1. The minimum atomic E-state index is -2.99. The van der Waals surface area contributed by atoms with Crippen molar-refractivity contribution in [2.75, 3.05) is 44.7 Å². The van der Waals surface area contributed by atoms with E-state index in [1.807, 2.05) is 18.9 Å². The van der Waals surface area contributed by atoms with Crippen LogP contribution in [-0.4, -0.2) is 69.5 Å². The number of hydrogen-bond donors (Lipinski definition) is 2. The monoisotopic (exact) mass is 317 g/mol. The minimum Gasteiger partial charge on any atom is -0.349 e. The fourth-order valence-electron chi connectivity index (χ4n) is 3.32. The van der Waals surface area contributed by atoms with Gasteiger partial charge in [-0.25, -0.2) is 8.42 Å². The lowest BCUT2D eigenvalue weighted by molar-refractivity contribution is -0.123. The van der Waals surface area contributed by atoms with Crippen LogP contribution in [0.15, 0.2) is 0 Å². The smallest absolute Gasteiger partial charge is 0.234 e. The molecular weight excluding hydrogens is 290 g/mol. The van der Waals surface area contributed by atoms with Crippen molar-refractivity contribution in [3.05, 3.63) is 0 Å². The number of carbonyl (C=O) groups is 1. The molecule has 122 valence electrons. The van der Waals surface area contributed by atoms with Crippen LogP contribution in [0.5, 0.6) is 0 Å². The molecule has 6 nitrogen and oxygen atoms in total. The molecular formula is C14H27N3O3S. The molecule has 0 radical (unpaired) electrons. The van der Waals surface area contributed by atoms with Crippen LogP contribution in [0.3, 0.4) is 0 Å². The zero-order valence-electron chi connectivity index (χ0n) is 13.0. The average Bonchev–Trinajstić information content (AvgIpc) is 2.63. The van der Waals surface area contributed by atoms with Gasteiger partial charge in [0, 0.05) is 6.54 Å². The molecule has 2 saturated heterocycles. The maximum Gasteiger partial charge on any atom is 0.234 e. The molecule has 1 amide bonds. The third-order valence-corrected chi connectivity index (χ3v) is 6.23. The summed E-state index contributed by atoms with van der Waals surface area (Å²) in [5.41, 5.74) is -0.594. The topological polar surface area (TPSA) is 78.5 Å². The highest BCUT2D eigenvalue weighted by molar-refractivity contribution is 7.91. The van der Waals surface area contributed by atoms with E-state index in [0.29, 0.717) is 18.9 Å². The third kappa shape index (κ3) is 5.23. The first-order valence-electron chi connectivity index (χ1n) is 7.69. The van der Waals surface area contributed by atoms with Crippen molar-refractivity contribution in [2.45, 2.75) is 31.7 Å². The van der Waals surface area contributed by atoms with E-state index in [1.165, 1.54) is 12.8 Å². The molecule has 7 heteroatoms. The summed E-state index contributed by atoms with van der Waals surface area (Å²) in [7, 11) is -1.04. The maximum absolute atomic E-state index is 12.1. The van der Waals surface area contributed by atoms with E-state index in [2.05, 4.69) is 10.6 Å². The third-order valence-electron chi connectivity index (χ3n) is 4.33. The molecule has 0 aliphatic carbocycles. The summed E-state index contributed by atoms with van der Waals surface area (Å²) in [5, 5.41) is 6.28. The van der Waals surface area contributed by atoms with Gasteiger partial charge in [0.05, 0.1) is 23.6 Å². The zero-order chi connectivity index (χ0) is 15.5. The van der Waals surface area contributed by atoms with Crippen LogP contribution in [0.4, 0.5) is 0 Å². The van der Waals surface area contributed by atoms with Gasteiger partial charge in [0.1, 0.15) is 0 Å². The summed E-state index contributed by atoms with van der Waals surface area (Å²) in [4.78, 5) is 14.1. The first kappa shape index (κ1) is 16.7. The molecule has 0 saturated carbocycles. The number of nitrogens with one attached hydrogen (secondary N) is 2. The van der Waals surface area contributed by atoms with Crippen molar-refractivity contribution < 1.29 is 13.2 Å². The molecule has 2 fully saturated rings. The van der Waals surface area contributed by atoms with Gasteiger partial charge in [0.25, 0.3) is 0 Å². The minimum absolute atomic E-state index is 0.0575. The Morgan fingerprint density at radius 2 is 2.24 bits per heavy atom. The SMILES string of the molecule is CN(CC(=O)NC1(C)CCS(=O)(=O)C1)CC1CCCNC1. The lowest BCUT2D eigenvalue weighted by Crippen LogP contribution is -2.50. The molecule has 2 atom stereocenters. The van der Waals surface area contributed by atoms with E-state index < -0.39 is 15.4 Å². The van der Waals surface area contributed by atoms with E-state index >= 15 is 0 Å². The lowest BCUT2D eigenvalue weighted by Gasteiger charge is -2.29. The first-order chi connectivity index (χ1) is 9.78. The molecule has 0 aromatic heterocycles. The largest absolute Gasteiger partial charge is 0.349 e. The fraction of sp³-hybridized carbons (Fsp3) is 0.929. The van der Waals surface area contributed by atoms with E-state index in [0.717, 1.165) is 19.6 Å². The highest BCUT2D eigenvalue weighted by atomic mass is 32.2. The molecule has 2 unspecified atom stereocenters. The molecule has 2 aliphatic heterocycles. The van der Waals surface area contributed by atoms with Crippen LogP contribution in [-0.2, 0) is 14.6 Å². The van der Waals surface area contributed by atoms with E-state index in [-0.39, 0.29) is 17.4 Å². The van der Waals surface area contributed by atoms with Crippen molar-refractivity contribution in [1.82, 2.24) is 15.5 Å². The number of hydrogen-bond acceptors (Lipinski definition) is 5. The fourth-order valence-corrected chi connectivity index (χ4v) is 5.41. The van der Waals surface area contributed by atoms with Crippen molar-refractivity contribution in [1.29, 1.82) is 0 Å². The van der Waals surface area contributed by atoms with Crippen molar-refractivity contribution in [3.8, 4) is 0 Å². The van der Waals surface area contributed by atoms with Crippen LogP contribution in [0.25, 0.3) is 0 Å². The van der Waals surface area contributed by atoms with Crippen molar-refractivity contribution in [3.63, 3.8) is 0 Å². The summed E-state index contributed by atoms with van der Waals surface area (Å²) >= 11 is 0. The second kappa shape index (κ2) is 6.62. The second-order valence-electron chi connectivity index (χ2n) is 6.86. The number of rotatable bonds is 5. The van der Waals surface area contributed by atoms with Gasteiger partial charge in [-0.05, 0) is 52.2 Å². The van der Waals surface area contributed by atoms with Crippen LogP contribution in [0.1, 0.15) is 26.2 Å². The molecule has 0 spiro atoms. The Morgan fingerprint density at radius 3 is 2.81 bits per heavy atom. The Bertz CT molecular complexity index is 474. The Hall–Kier alpha value is -0.660. The van der Waals surface area contributed by atoms with Gasteiger partial charge in [-0.15, -0.1) is 0 Å². The van der Waals surface area contributed by atoms with Gasteiger partial charge in [0.2, 0.25) is 5.91 Å². The summed E-state index contributed by atoms with van der Waals surface area (Å²) in [5.74, 6) is 0.745. The molecule has 2 heterocycles. The van der Waals surface area contributed by atoms with Gasteiger partial charge in [-0.2, -0.15) is 0 Å². The quantitative estimate of drug-likeness (QED) is 0.722. The van der Waals surface area contributed by atoms with Gasteiger partial charge >= 0.3 is 0 Å².